The lowest BCUT2D eigenvalue weighted by Crippen LogP contribution is -2.76. The molecule has 6 nitrogen and oxygen atoms in total. The third-order valence-corrected chi connectivity index (χ3v) is 6.43. The monoisotopic (exact) mass is 393 g/mol. The van der Waals surface area contributed by atoms with Crippen molar-refractivity contribution in [2.75, 3.05) is 39.5 Å². The van der Waals surface area contributed by atoms with Gasteiger partial charge in [0.2, 0.25) is 5.91 Å². The van der Waals surface area contributed by atoms with Crippen LogP contribution in [0, 0.1) is 11.2 Å². The smallest absolute Gasteiger partial charge is 0.240 e. The van der Waals surface area contributed by atoms with Gasteiger partial charge in [0.05, 0.1) is 25.4 Å². The minimum absolute atomic E-state index is 0.0135. The highest BCUT2D eigenvalue weighted by Gasteiger charge is 2.62. The fourth-order valence-corrected chi connectivity index (χ4v) is 4.20. The summed E-state index contributed by atoms with van der Waals surface area (Å²) in [5.41, 5.74) is 6.07. The first-order valence-corrected chi connectivity index (χ1v) is 10.1. The summed E-state index contributed by atoms with van der Waals surface area (Å²) >= 11 is 0. The van der Waals surface area contributed by atoms with Crippen molar-refractivity contribution < 1.29 is 18.7 Å². The molecule has 1 amide bonds. The Morgan fingerprint density at radius 1 is 1.36 bits per heavy atom. The Hall–Kier alpha value is -1.54. The van der Waals surface area contributed by atoms with Crippen LogP contribution in [0.3, 0.4) is 0 Å². The first-order chi connectivity index (χ1) is 13.3. The standard InChI is InChI=1S/C21H32FN3O3/c1-4-28-18-13-21(23,20(18,2)3)19(26)24-14-17(25-9-11-27-12-10-25)15-5-7-16(22)8-6-15/h5-8,17-18H,4,9-14,23H2,1-3H3,(H,24,26). The molecule has 0 spiro atoms. The molecular weight excluding hydrogens is 361 g/mol. The van der Waals surface area contributed by atoms with Crippen molar-refractivity contribution in [3.05, 3.63) is 35.6 Å². The number of hydrogen-bond donors (Lipinski definition) is 2. The average Bonchev–Trinajstić information content (AvgIpc) is 2.69. The van der Waals surface area contributed by atoms with Crippen molar-refractivity contribution >= 4 is 5.91 Å². The molecule has 1 aromatic carbocycles. The van der Waals surface area contributed by atoms with Gasteiger partial charge in [-0.05, 0) is 24.6 Å². The SMILES string of the molecule is CCOC1CC(N)(C(=O)NCC(c2ccc(F)cc2)N2CCOCC2)C1(C)C. The Morgan fingerprint density at radius 2 is 2.00 bits per heavy atom. The summed E-state index contributed by atoms with van der Waals surface area (Å²) in [7, 11) is 0. The zero-order chi connectivity index (χ0) is 20.4. The second kappa shape index (κ2) is 8.45. The number of amides is 1. The van der Waals surface area contributed by atoms with Crippen LogP contribution in [0.1, 0.15) is 38.8 Å². The number of morpholine rings is 1. The molecule has 3 N–H and O–H groups in total. The molecule has 1 heterocycles. The van der Waals surface area contributed by atoms with E-state index in [2.05, 4.69) is 10.2 Å². The first-order valence-electron chi connectivity index (χ1n) is 10.1. The predicted octanol–water partition coefficient (Wildman–Crippen LogP) is 1.85. The minimum Gasteiger partial charge on any atom is -0.379 e. The van der Waals surface area contributed by atoms with Gasteiger partial charge in [-0.1, -0.05) is 26.0 Å². The van der Waals surface area contributed by atoms with E-state index in [4.69, 9.17) is 15.2 Å². The predicted molar refractivity (Wildman–Crippen MR) is 105 cm³/mol. The molecule has 3 atom stereocenters. The van der Waals surface area contributed by atoms with Gasteiger partial charge in [-0.25, -0.2) is 4.39 Å². The highest BCUT2D eigenvalue weighted by atomic mass is 19.1. The molecule has 3 unspecified atom stereocenters. The van der Waals surface area contributed by atoms with Gasteiger partial charge in [0.15, 0.2) is 0 Å². The fraction of sp³-hybridized carbons (Fsp3) is 0.667. The van der Waals surface area contributed by atoms with Crippen molar-refractivity contribution in [3.63, 3.8) is 0 Å². The number of nitrogens with zero attached hydrogens (tertiary/aromatic N) is 1. The number of nitrogens with one attached hydrogen (secondary N) is 1. The van der Waals surface area contributed by atoms with Gasteiger partial charge in [-0.3, -0.25) is 9.69 Å². The zero-order valence-electron chi connectivity index (χ0n) is 17.0. The van der Waals surface area contributed by atoms with Crippen LogP contribution in [0.25, 0.3) is 0 Å². The molecule has 1 saturated carbocycles. The number of nitrogens with two attached hydrogens (primary N) is 1. The maximum Gasteiger partial charge on any atom is 0.240 e. The Labute approximate surface area is 166 Å². The number of halogens is 1. The van der Waals surface area contributed by atoms with Crippen LogP contribution in [-0.4, -0.2) is 61.9 Å². The van der Waals surface area contributed by atoms with Gasteiger partial charge in [0, 0.05) is 38.1 Å². The van der Waals surface area contributed by atoms with E-state index in [0.717, 1.165) is 18.7 Å². The Kier molecular flexibility index (Phi) is 6.39. The fourth-order valence-electron chi connectivity index (χ4n) is 4.20. The molecule has 0 bridgehead atoms. The van der Waals surface area contributed by atoms with Crippen LogP contribution >= 0.6 is 0 Å². The lowest BCUT2D eigenvalue weighted by molar-refractivity contribution is -0.170. The number of rotatable bonds is 7. The van der Waals surface area contributed by atoms with Crippen LogP contribution in [0.4, 0.5) is 4.39 Å². The molecule has 1 aromatic rings. The number of hydrogen-bond acceptors (Lipinski definition) is 5. The van der Waals surface area contributed by atoms with E-state index in [9.17, 15) is 9.18 Å². The highest BCUT2D eigenvalue weighted by molar-refractivity contribution is 5.88. The second-order valence-electron chi connectivity index (χ2n) is 8.27. The average molecular weight is 394 g/mol. The third-order valence-electron chi connectivity index (χ3n) is 6.43. The molecule has 1 saturated heterocycles. The largest absolute Gasteiger partial charge is 0.379 e. The number of benzene rings is 1. The molecule has 0 radical (unpaired) electrons. The molecule has 3 rings (SSSR count). The summed E-state index contributed by atoms with van der Waals surface area (Å²) in [5, 5.41) is 3.06. The van der Waals surface area contributed by atoms with E-state index in [0.29, 0.717) is 32.8 Å². The zero-order valence-corrected chi connectivity index (χ0v) is 17.0. The first kappa shape index (κ1) is 21.2. The summed E-state index contributed by atoms with van der Waals surface area (Å²) in [6.07, 6.45) is 0.499. The number of carbonyl (C=O) groups excluding carboxylic acids is 1. The van der Waals surface area contributed by atoms with E-state index < -0.39 is 11.0 Å². The normalized spacial score (nSPS) is 28.4. The molecule has 2 aliphatic rings. The Morgan fingerprint density at radius 3 is 2.57 bits per heavy atom. The summed E-state index contributed by atoms with van der Waals surface area (Å²) in [4.78, 5) is 15.2. The van der Waals surface area contributed by atoms with Crippen LogP contribution in [-0.2, 0) is 14.3 Å². The van der Waals surface area contributed by atoms with Crippen LogP contribution in [0.15, 0.2) is 24.3 Å². The molecule has 7 heteroatoms. The van der Waals surface area contributed by atoms with Crippen molar-refractivity contribution in [3.8, 4) is 0 Å². The quantitative estimate of drug-likeness (QED) is 0.739. The van der Waals surface area contributed by atoms with Gasteiger partial charge < -0.3 is 20.5 Å². The number of ether oxygens (including phenoxy) is 2. The van der Waals surface area contributed by atoms with Gasteiger partial charge in [0.1, 0.15) is 11.4 Å². The molecule has 1 aliphatic heterocycles. The van der Waals surface area contributed by atoms with E-state index in [1.807, 2.05) is 20.8 Å². The molecule has 156 valence electrons. The molecule has 0 aromatic heterocycles. The van der Waals surface area contributed by atoms with Gasteiger partial charge >= 0.3 is 0 Å². The van der Waals surface area contributed by atoms with E-state index >= 15 is 0 Å². The van der Waals surface area contributed by atoms with Crippen molar-refractivity contribution in [2.24, 2.45) is 11.1 Å². The van der Waals surface area contributed by atoms with Crippen LogP contribution in [0.5, 0.6) is 0 Å². The van der Waals surface area contributed by atoms with Gasteiger partial charge in [-0.15, -0.1) is 0 Å². The molecular formula is C21H32FN3O3. The highest BCUT2D eigenvalue weighted by Crippen LogP contribution is 2.49. The molecule has 1 aliphatic carbocycles. The van der Waals surface area contributed by atoms with Crippen LogP contribution in [0.2, 0.25) is 0 Å². The van der Waals surface area contributed by atoms with Crippen molar-refractivity contribution in [2.45, 2.75) is 44.9 Å². The lowest BCUT2D eigenvalue weighted by atomic mass is 9.54. The van der Waals surface area contributed by atoms with Gasteiger partial charge in [-0.2, -0.15) is 0 Å². The third kappa shape index (κ3) is 3.94. The van der Waals surface area contributed by atoms with Crippen molar-refractivity contribution in [1.82, 2.24) is 10.2 Å². The van der Waals surface area contributed by atoms with Gasteiger partial charge in [0.25, 0.3) is 0 Å². The summed E-state index contributed by atoms with van der Waals surface area (Å²) in [5.74, 6) is -0.429. The molecule has 28 heavy (non-hydrogen) atoms. The Bertz CT molecular complexity index is 676. The minimum atomic E-state index is -0.953. The van der Waals surface area contributed by atoms with E-state index in [1.54, 1.807) is 12.1 Å². The van der Waals surface area contributed by atoms with E-state index in [-0.39, 0.29) is 23.9 Å². The Balaban J connectivity index is 1.69. The lowest BCUT2D eigenvalue weighted by Gasteiger charge is -2.57. The maximum atomic E-state index is 13.4. The summed E-state index contributed by atoms with van der Waals surface area (Å²) < 4.78 is 24.5. The second-order valence-corrected chi connectivity index (χ2v) is 8.27. The van der Waals surface area contributed by atoms with Crippen LogP contribution < -0.4 is 11.1 Å². The van der Waals surface area contributed by atoms with E-state index in [1.165, 1.54) is 12.1 Å². The molecule has 2 fully saturated rings. The summed E-state index contributed by atoms with van der Waals surface area (Å²) in [6.45, 7) is 9.76. The summed E-state index contributed by atoms with van der Waals surface area (Å²) in [6, 6.07) is 6.41. The topological polar surface area (TPSA) is 76.8 Å². The van der Waals surface area contributed by atoms with Crippen molar-refractivity contribution in [1.29, 1.82) is 0 Å². The number of carbonyl (C=O) groups is 1. The maximum absolute atomic E-state index is 13.4.